The van der Waals surface area contributed by atoms with Gasteiger partial charge in [0, 0.05) is 6.54 Å². The number of carbonyl (C=O) groups excluding carboxylic acids is 1. The van der Waals surface area contributed by atoms with E-state index in [2.05, 4.69) is 6.58 Å². The average Bonchev–Trinajstić information content (AvgIpc) is 2.30. The summed E-state index contributed by atoms with van der Waals surface area (Å²) in [6.07, 6.45) is 2.70. The summed E-state index contributed by atoms with van der Waals surface area (Å²) in [5.41, 5.74) is 0. The van der Waals surface area contributed by atoms with E-state index in [1.807, 2.05) is 0 Å². The Morgan fingerprint density at radius 2 is 2.40 bits per heavy atom. The van der Waals surface area contributed by atoms with Crippen LogP contribution < -0.4 is 0 Å². The molecule has 1 amide bonds. The highest BCUT2D eigenvalue weighted by Crippen LogP contribution is 2.15. The zero-order chi connectivity index (χ0) is 7.56. The van der Waals surface area contributed by atoms with E-state index in [4.69, 9.17) is 5.11 Å². The SMILES string of the molecule is C=C[C@@H]1C[C@@H](O)CN1C=O. The van der Waals surface area contributed by atoms with E-state index < -0.39 is 0 Å². The van der Waals surface area contributed by atoms with E-state index in [9.17, 15) is 4.79 Å². The van der Waals surface area contributed by atoms with Gasteiger partial charge in [-0.3, -0.25) is 4.79 Å². The first-order chi connectivity index (χ1) is 4.77. The third kappa shape index (κ3) is 1.19. The molecule has 0 aromatic carbocycles. The summed E-state index contributed by atoms with van der Waals surface area (Å²) in [5.74, 6) is 0. The van der Waals surface area contributed by atoms with Crippen LogP contribution in [0, 0.1) is 0 Å². The molecule has 1 aliphatic heterocycles. The molecule has 0 unspecified atom stereocenters. The molecule has 0 aromatic heterocycles. The third-order valence-corrected chi connectivity index (χ3v) is 1.77. The smallest absolute Gasteiger partial charge is 0.210 e. The van der Waals surface area contributed by atoms with Gasteiger partial charge in [0.05, 0.1) is 12.1 Å². The van der Waals surface area contributed by atoms with Crippen LogP contribution >= 0.6 is 0 Å². The number of carbonyl (C=O) groups is 1. The molecule has 3 nitrogen and oxygen atoms in total. The summed E-state index contributed by atoms with van der Waals surface area (Å²) in [7, 11) is 0. The summed E-state index contributed by atoms with van der Waals surface area (Å²) in [5, 5.41) is 9.08. The van der Waals surface area contributed by atoms with Crippen molar-refractivity contribution in [2.45, 2.75) is 18.6 Å². The van der Waals surface area contributed by atoms with Crippen LogP contribution in [-0.2, 0) is 4.79 Å². The first kappa shape index (κ1) is 7.28. The lowest BCUT2D eigenvalue weighted by Gasteiger charge is -2.14. The summed E-state index contributed by atoms with van der Waals surface area (Å²) in [6.45, 7) is 4.01. The van der Waals surface area contributed by atoms with E-state index in [1.165, 1.54) is 0 Å². The lowest BCUT2D eigenvalue weighted by Crippen LogP contribution is -2.26. The maximum atomic E-state index is 10.3. The van der Waals surface area contributed by atoms with Crippen molar-refractivity contribution >= 4 is 6.41 Å². The molecule has 1 heterocycles. The lowest BCUT2D eigenvalue weighted by atomic mass is 10.2. The Balaban J connectivity index is 2.56. The lowest BCUT2D eigenvalue weighted by molar-refractivity contribution is -0.118. The predicted molar refractivity (Wildman–Crippen MR) is 37.4 cm³/mol. The van der Waals surface area contributed by atoms with Crippen molar-refractivity contribution < 1.29 is 9.90 Å². The molecule has 0 radical (unpaired) electrons. The maximum absolute atomic E-state index is 10.3. The fourth-order valence-electron chi connectivity index (χ4n) is 1.22. The van der Waals surface area contributed by atoms with Gasteiger partial charge in [-0.15, -0.1) is 6.58 Å². The Labute approximate surface area is 59.9 Å². The normalized spacial score (nSPS) is 32.3. The number of nitrogens with zero attached hydrogens (tertiary/aromatic N) is 1. The molecule has 0 aromatic rings. The third-order valence-electron chi connectivity index (χ3n) is 1.77. The first-order valence-corrected chi connectivity index (χ1v) is 3.29. The van der Waals surface area contributed by atoms with Crippen molar-refractivity contribution in [2.24, 2.45) is 0 Å². The zero-order valence-corrected chi connectivity index (χ0v) is 5.73. The number of amides is 1. The van der Waals surface area contributed by atoms with Crippen LogP contribution in [0.4, 0.5) is 0 Å². The molecule has 10 heavy (non-hydrogen) atoms. The average molecular weight is 141 g/mol. The fraction of sp³-hybridized carbons (Fsp3) is 0.571. The van der Waals surface area contributed by atoms with Crippen LogP contribution in [0.1, 0.15) is 6.42 Å². The number of hydrogen-bond acceptors (Lipinski definition) is 2. The molecule has 1 rings (SSSR count). The van der Waals surface area contributed by atoms with Crippen LogP contribution in [-0.4, -0.2) is 35.1 Å². The van der Waals surface area contributed by atoms with Crippen molar-refractivity contribution in [2.75, 3.05) is 6.54 Å². The second-order valence-electron chi connectivity index (χ2n) is 2.49. The molecule has 1 saturated heterocycles. The molecule has 1 aliphatic rings. The topological polar surface area (TPSA) is 40.5 Å². The second-order valence-corrected chi connectivity index (χ2v) is 2.49. The number of likely N-dealkylation sites (tertiary alicyclic amines) is 1. The summed E-state index contributed by atoms with van der Waals surface area (Å²) in [4.78, 5) is 11.8. The van der Waals surface area contributed by atoms with Crippen LogP contribution in [0.3, 0.4) is 0 Å². The van der Waals surface area contributed by atoms with Crippen LogP contribution in [0.5, 0.6) is 0 Å². The highest BCUT2D eigenvalue weighted by atomic mass is 16.3. The largest absolute Gasteiger partial charge is 0.391 e. The Morgan fingerprint density at radius 3 is 2.80 bits per heavy atom. The zero-order valence-electron chi connectivity index (χ0n) is 5.73. The van der Waals surface area contributed by atoms with Gasteiger partial charge in [-0.2, -0.15) is 0 Å². The number of hydrogen-bond donors (Lipinski definition) is 1. The van der Waals surface area contributed by atoms with Crippen molar-refractivity contribution in [3.05, 3.63) is 12.7 Å². The molecule has 56 valence electrons. The molecular formula is C7H11NO2. The Hall–Kier alpha value is -0.830. The van der Waals surface area contributed by atoms with E-state index in [-0.39, 0.29) is 12.1 Å². The van der Waals surface area contributed by atoms with Crippen LogP contribution in [0.25, 0.3) is 0 Å². The summed E-state index contributed by atoms with van der Waals surface area (Å²) < 4.78 is 0. The van der Waals surface area contributed by atoms with E-state index in [0.29, 0.717) is 13.0 Å². The van der Waals surface area contributed by atoms with Gasteiger partial charge in [-0.25, -0.2) is 0 Å². The van der Waals surface area contributed by atoms with Gasteiger partial charge in [0.25, 0.3) is 0 Å². The molecule has 0 aliphatic carbocycles. The molecule has 2 atom stereocenters. The van der Waals surface area contributed by atoms with E-state index in [0.717, 1.165) is 6.41 Å². The minimum atomic E-state index is -0.367. The quantitative estimate of drug-likeness (QED) is 0.426. The molecule has 0 spiro atoms. The van der Waals surface area contributed by atoms with Crippen molar-refractivity contribution in [3.63, 3.8) is 0 Å². The maximum Gasteiger partial charge on any atom is 0.210 e. The van der Waals surface area contributed by atoms with Crippen molar-refractivity contribution in [1.29, 1.82) is 0 Å². The van der Waals surface area contributed by atoms with Gasteiger partial charge in [0.15, 0.2) is 0 Å². The molecule has 1 fully saturated rings. The molecule has 0 saturated carbocycles. The van der Waals surface area contributed by atoms with Gasteiger partial charge in [0.2, 0.25) is 6.41 Å². The standard InChI is InChI=1S/C7H11NO2/c1-2-6-3-7(10)4-8(6)5-9/h2,5-7,10H,1,3-4H2/t6-,7-/m1/s1. The minimum Gasteiger partial charge on any atom is -0.391 e. The minimum absolute atomic E-state index is 0.0347. The van der Waals surface area contributed by atoms with Crippen LogP contribution in [0.15, 0.2) is 12.7 Å². The van der Waals surface area contributed by atoms with Crippen molar-refractivity contribution in [3.8, 4) is 0 Å². The van der Waals surface area contributed by atoms with E-state index >= 15 is 0 Å². The van der Waals surface area contributed by atoms with Crippen molar-refractivity contribution in [1.82, 2.24) is 4.90 Å². The Morgan fingerprint density at radius 1 is 1.70 bits per heavy atom. The number of rotatable bonds is 2. The molecular weight excluding hydrogens is 130 g/mol. The number of aliphatic hydroxyl groups excluding tert-OH is 1. The summed E-state index contributed by atoms with van der Waals surface area (Å²) >= 11 is 0. The Bertz CT molecular complexity index is 131. The fourth-order valence-corrected chi connectivity index (χ4v) is 1.22. The predicted octanol–water partition coefficient (Wildman–Crippen LogP) is -0.236. The number of aliphatic hydroxyl groups is 1. The van der Waals surface area contributed by atoms with Gasteiger partial charge in [-0.05, 0) is 6.42 Å². The van der Waals surface area contributed by atoms with Gasteiger partial charge in [-0.1, -0.05) is 6.08 Å². The summed E-state index contributed by atoms with van der Waals surface area (Å²) in [6, 6.07) is 0.0347. The highest BCUT2D eigenvalue weighted by molar-refractivity contribution is 5.49. The molecule has 0 bridgehead atoms. The monoisotopic (exact) mass is 141 g/mol. The Kier molecular flexibility index (Phi) is 2.06. The van der Waals surface area contributed by atoms with Crippen LogP contribution in [0.2, 0.25) is 0 Å². The number of β-amino-alcohol motifs (C(OH)–C–C–N with tert-alkyl or cyclic N) is 1. The highest BCUT2D eigenvalue weighted by Gasteiger charge is 2.26. The van der Waals surface area contributed by atoms with Gasteiger partial charge in [0.1, 0.15) is 0 Å². The van der Waals surface area contributed by atoms with Gasteiger partial charge < -0.3 is 10.0 Å². The second kappa shape index (κ2) is 2.84. The first-order valence-electron chi connectivity index (χ1n) is 3.29. The van der Waals surface area contributed by atoms with Gasteiger partial charge >= 0.3 is 0 Å². The molecule has 1 N–H and O–H groups in total. The van der Waals surface area contributed by atoms with E-state index in [1.54, 1.807) is 11.0 Å². The molecule has 3 heteroatoms.